The van der Waals surface area contributed by atoms with Crippen molar-refractivity contribution in [1.29, 1.82) is 0 Å². The van der Waals surface area contributed by atoms with Crippen molar-refractivity contribution >= 4 is 10.9 Å². The highest BCUT2D eigenvalue weighted by molar-refractivity contribution is 5.83. The molecule has 28 heavy (non-hydrogen) atoms. The van der Waals surface area contributed by atoms with Gasteiger partial charge < -0.3 is 4.98 Å². The predicted molar refractivity (Wildman–Crippen MR) is 113 cm³/mol. The smallest absolute Gasteiger partial charge is 0.0705 e. The van der Waals surface area contributed by atoms with Crippen molar-refractivity contribution < 1.29 is 0 Å². The first-order valence-electron chi connectivity index (χ1n) is 9.91. The zero-order chi connectivity index (χ0) is 18.9. The minimum atomic E-state index is 0.565. The molecule has 1 aliphatic rings. The van der Waals surface area contributed by atoms with Gasteiger partial charge in [0.05, 0.1) is 5.69 Å². The maximum absolute atomic E-state index is 4.56. The van der Waals surface area contributed by atoms with E-state index in [-0.39, 0.29) is 0 Å². The maximum Gasteiger partial charge on any atom is 0.0705 e. The van der Waals surface area contributed by atoms with Gasteiger partial charge in [0.1, 0.15) is 0 Å². The number of nitrogens with zero attached hydrogens (tertiary/aromatic N) is 3. The molecule has 0 spiro atoms. The van der Waals surface area contributed by atoms with Gasteiger partial charge in [-0.15, -0.1) is 0 Å². The van der Waals surface area contributed by atoms with Gasteiger partial charge in [0, 0.05) is 54.3 Å². The van der Waals surface area contributed by atoms with E-state index in [9.17, 15) is 0 Å². The van der Waals surface area contributed by atoms with Crippen molar-refractivity contribution in [2.24, 2.45) is 0 Å². The summed E-state index contributed by atoms with van der Waals surface area (Å²) in [5, 5.41) is 1.35. The number of benzene rings is 1. The lowest BCUT2D eigenvalue weighted by Gasteiger charge is -2.16. The van der Waals surface area contributed by atoms with Crippen LogP contribution in [-0.4, -0.2) is 32.9 Å². The highest BCUT2D eigenvalue weighted by atomic mass is 15.1. The summed E-state index contributed by atoms with van der Waals surface area (Å²) in [5.74, 6) is 0.565. The number of aromatic nitrogens is 3. The predicted octanol–water partition coefficient (Wildman–Crippen LogP) is 4.92. The number of aromatic amines is 1. The molecule has 1 aliphatic heterocycles. The largest absolute Gasteiger partial charge is 0.361 e. The SMILES string of the molecule is Cc1ccc2[nH]cc(CN3CC[C@@H](c4ccnc(-c5ccncc5)c4)C3)c2c1. The summed E-state index contributed by atoms with van der Waals surface area (Å²) in [6, 6.07) is 15.1. The molecule has 1 saturated heterocycles. The van der Waals surface area contributed by atoms with E-state index in [0.717, 1.165) is 30.9 Å². The van der Waals surface area contributed by atoms with E-state index in [1.807, 2.05) is 30.7 Å². The zero-order valence-electron chi connectivity index (χ0n) is 16.1. The molecule has 0 aliphatic carbocycles. The lowest BCUT2D eigenvalue weighted by Crippen LogP contribution is -2.19. The van der Waals surface area contributed by atoms with Crippen molar-refractivity contribution in [1.82, 2.24) is 19.9 Å². The number of fused-ring (bicyclic) bond motifs is 1. The molecule has 0 bridgehead atoms. The Balaban J connectivity index is 1.33. The summed E-state index contributed by atoms with van der Waals surface area (Å²) in [6.45, 7) is 5.39. The van der Waals surface area contributed by atoms with Crippen LogP contribution in [0.5, 0.6) is 0 Å². The van der Waals surface area contributed by atoms with Crippen LogP contribution in [0.3, 0.4) is 0 Å². The van der Waals surface area contributed by atoms with Crippen LogP contribution in [-0.2, 0) is 6.54 Å². The van der Waals surface area contributed by atoms with Gasteiger partial charge in [-0.3, -0.25) is 14.9 Å². The number of likely N-dealkylation sites (tertiary alicyclic amines) is 1. The monoisotopic (exact) mass is 368 g/mol. The quantitative estimate of drug-likeness (QED) is 0.556. The van der Waals surface area contributed by atoms with E-state index in [4.69, 9.17) is 0 Å². The first-order valence-corrected chi connectivity index (χ1v) is 9.91. The summed E-state index contributed by atoms with van der Waals surface area (Å²) in [4.78, 5) is 14.7. The van der Waals surface area contributed by atoms with Crippen LogP contribution in [0.25, 0.3) is 22.2 Å². The van der Waals surface area contributed by atoms with Crippen molar-refractivity contribution in [3.63, 3.8) is 0 Å². The fraction of sp³-hybridized carbons (Fsp3) is 0.250. The van der Waals surface area contributed by atoms with Crippen LogP contribution < -0.4 is 0 Å². The lowest BCUT2D eigenvalue weighted by atomic mass is 9.97. The molecule has 1 N–H and O–H groups in total. The zero-order valence-corrected chi connectivity index (χ0v) is 16.1. The highest BCUT2D eigenvalue weighted by Gasteiger charge is 2.25. The van der Waals surface area contributed by atoms with Crippen LogP contribution in [0.15, 0.2) is 67.3 Å². The van der Waals surface area contributed by atoms with Gasteiger partial charge in [0.2, 0.25) is 0 Å². The Morgan fingerprint density at radius 3 is 2.86 bits per heavy atom. The second kappa shape index (κ2) is 7.21. The number of H-pyrrole nitrogens is 1. The molecule has 1 fully saturated rings. The van der Waals surface area contributed by atoms with E-state index in [1.165, 1.54) is 34.0 Å². The third kappa shape index (κ3) is 3.32. The molecule has 140 valence electrons. The van der Waals surface area contributed by atoms with E-state index in [2.05, 4.69) is 63.3 Å². The summed E-state index contributed by atoms with van der Waals surface area (Å²) in [6.07, 6.45) is 8.95. The van der Waals surface area contributed by atoms with Gasteiger partial charge >= 0.3 is 0 Å². The maximum atomic E-state index is 4.56. The van der Waals surface area contributed by atoms with E-state index < -0.39 is 0 Å². The van der Waals surface area contributed by atoms with Crippen LogP contribution in [0.2, 0.25) is 0 Å². The minimum Gasteiger partial charge on any atom is -0.361 e. The second-order valence-electron chi connectivity index (χ2n) is 7.79. The number of rotatable bonds is 4. The van der Waals surface area contributed by atoms with Gasteiger partial charge in [-0.05, 0) is 73.3 Å². The van der Waals surface area contributed by atoms with Gasteiger partial charge in [-0.2, -0.15) is 0 Å². The minimum absolute atomic E-state index is 0.565. The average molecular weight is 368 g/mol. The molecule has 1 atom stereocenters. The Morgan fingerprint density at radius 1 is 1.07 bits per heavy atom. The third-order valence-electron chi connectivity index (χ3n) is 5.82. The molecular formula is C24H24N4. The standard InChI is InChI=1S/C24H24N4/c1-17-2-3-23-22(12-17)21(14-27-23)16-28-11-7-20(15-28)19-6-10-26-24(13-19)18-4-8-25-9-5-18/h2-6,8-10,12-14,20,27H,7,11,15-16H2,1H3/t20-/m1/s1. The number of nitrogens with one attached hydrogen (secondary N) is 1. The first-order chi connectivity index (χ1) is 13.8. The Kier molecular flexibility index (Phi) is 4.41. The Hall–Kier alpha value is -2.98. The van der Waals surface area contributed by atoms with Crippen LogP contribution in [0.1, 0.15) is 29.0 Å². The first kappa shape index (κ1) is 17.1. The van der Waals surface area contributed by atoms with Crippen LogP contribution in [0, 0.1) is 6.92 Å². The molecule has 5 rings (SSSR count). The van der Waals surface area contributed by atoms with Crippen molar-refractivity contribution in [3.05, 3.63) is 83.9 Å². The lowest BCUT2D eigenvalue weighted by molar-refractivity contribution is 0.328. The fourth-order valence-electron chi connectivity index (χ4n) is 4.29. The van der Waals surface area contributed by atoms with Gasteiger partial charge in [0.15, 0.2) is 0 Å². The van der Waals surface area contributed by atoms with Crippen molar-refractivity contribution in [3.8, 4) is 11.3 Å². The van der Waals surface area contributed by atoms with E-state index in [0.29, 0.717) is 5.92 Å². The molecule has 4 heterocycles. The normalized spacial score (nSPS) is 17.4. The molecule has 0 amide bonds. The summed E-state index contributed by atoms with van der Waals surface area (Å²) in [5.41, 5.74) is 7.48. The number of pyridine rings is 2. The molecule has 1 aromatic carbocycles. The molecule has 4 heteroatoms. The molecule has 0 unspecified atom stereocenters. The van der Waals surface area contributed by atoms with Crippen LogP contribution >= 0.6 is 0 Å². The van der Waals surface area contributed by atoms with Gasteiger partial charge in [-0.1, -0.05) is 11.6 Å². The van der Waals surface area contributed by atoms with Gasteiger partial charge in [-0.25, -0.2) is 0 Å². The van der Waals surface area contributed by atoms with Crippen LogP contribution in [0.4, 0.5) is 0 Å². The molecule has 4 nitrogen and oxygen atoms in total. The molecule has 0 radical (unpaired) electrons. The highest BCUT2D eigenvalue weighted by Crippen LogP contribution is 2.31. The third-order valence-corrected chi connectivity index (χ3v) is 5.82. The second-order valence-corrected chi connectivity index (χ2v) is 7.79. The van der Waals surface area contributed by atoms with Crippen molar-refractivity contribution in [2.45, 2.75) is 25.8 Å². The number of aryl methyl sites for hydroxylation is 1. The Bertz CT molecular complexity index is 1100. The van der Waals surface area contributed by atoms with Gasteiger partial charge in [0.25, 0.3) is 0 Å². The topological polar surface area (TPSA) is 44.8 Å². The summed E-state index contributed by atoms with van der Waals surface area (Å²) < 4.78 is 0. The summed E-state index contributed by atoms with van der Waals surface area (Å²) >= 11 is 0. The van der Waals surface area contributed by atoms with Crippen molar-refractivity contribution in [2.75, 3.05) is 13.1 Å². The molecule has 4 aromatic rings. The number of hydrogen-bond acceptors (Lipinski definition) is 3. The molecule has 3 aromatic heterocycles. The fourth-order valence-corrected chi connectivity index (χ4v) is 4.29. The number of hydrogen-bond donors (Lipinski definition) is 1. The van der Waals surface area contributed by atoms with E-state index >= 15 is 0 Å². The Morgan fingerprint density at radius 2 is 1.96 bits per heavy atom. The molecule has 0 saturated carbocycles. The van der Waals surface area contributed by atoms with E-state index in [1.54, 1.807) is 0 Å². The average Bonchev–Trinajstić information content (AvgIpc) is 3.36. The molecular weight excluding hydrogens is 344 g/mol. The summed E-state index contributed by atoms with van der Waals surface area (Å²) in [7, 11) is 0. The Labute approximate surface area is 165 Å².